The minimum Gasteiger partial charge on any atom is -0.466 e. The Kier molecular flexibility index (Phi) is 12.4. The van der Waals surface area contributed by atoms with Gasteiger partial charge in [0.15, 0.2) is 0 Å². The van der Waals surface area contributed by atoms with E-state index in [1.807, 2.05) is 64.1 Å². The molecule has 200 valence electrons. The summed E-state index contributed by atoms with van der Waals surface area (Å²) in [6.07, 6.45) is 8.11. The Labute approximate surface area is 218 Å². The number of benzene rings is 2. The Morgan fingerprint density at radius 1 is 0.944 bits per heavy atom. The van der Waals surface area contributed by atoms with E-state index < -0.39 is 10.0 Å². The zero-order valence-electron chi connectivity index (χ0n) is 22.7. The minimum absolute atomic E-state index is 0.0932. The largest absolute Gasteiger partial charge is 0.466 e. The molecule has 0 amide bonds. The van der Waals surface area contributed by atoms with Gasteiger partial charge in [0.25, 0.3) is 10.0 Å². The quantitative estimate of drug-likeness (QED) is 0.257. The maximum Gasteiger partial charge on any atom is 0.305 e. The maximum absolute atomic E-state index is 13.4. The van der Waals surface area contributed by atoms with E-state index in [0.717, 1.165) is 67.4 Å². The normalized spacial score (nSPS) is 15.7. The van der Waals surface area contributed by atoms with Crippen LogP contribution in [0.3, 0.4) is 0 Å². The third-order valence-corrected chi connectivity index (χ3v) is 8.24. The van der Waals surface area contributed by atoms with Crippen LogP contribution in [0.1, 0.15) is 94.9 Å². The summed E-state index contributed by atoms with van der Waals surface area (Å²) in [5.74, 6) is -0.0932. The van der Waals surface area contributed by atoms with Crippen molar-refractivity contribution >= 4 is 21.7 Å². The number of fused-ring (bicyclic) bond motifs is 2. The van der Waals surface area contributed by atoms with Gasteiger partial charge in [0.2, 0.25) is 0 Å². The fourth-order valence-corrected chi connectivity index (χ4v) is 6.08. The second-order valence-electron chi connectivity index (χ2n) is 8.99. The number of ether oxygens (including phenoxy) is 1. The fraction of sp³-hybridized carbons (Fsp3) is 0.552. The number of hydrogen-bond donors (Lipinski definition) is 1. The van der Waals surface area contributed by atoms with E-state index >= 15 is 0 Å². The zero-order valence-corrected chi connectivity index (χ0v) is 23.5. The van der Waals surface area contributed by atoms with E-state index in [9.17, 15) is 13.2 Å². The van der Waals surface area contributed by atoms with Gasteiger partial charge in [-0.3, -0.25) is 9.10 Å². The minimum atomic E-state index is -3.62. The first-order valence-electron chi connectivity index (χ1n) is 13.4. The van der Waals surface area contributed by atoms with Gasteiger partial charge in [-0.25, -0.2) is 8.42 Å². The topological polar surface area (TPSA) is 75.7 Å². The molecule has 7 heteroatoms. The van der Waals surface area contributed by atoms with Crippen molar-refractivity contribution in [2.45, 2.75) is 90.0 Å². The van der Waals surface area contributed by atoms with E-state index in [1.54, 1.807) is 13.1 Å². The lowest BCUT2D eigenvalue weighted by molar-refractivity contribution is -0.143. The number of unbranched alkanes of at least 4 members (excludes halogenated alkanes) is 6. The van der Waals surface area contributed by atoms with Crippen LogP contribution in [0.25, 0.3) is 0 Å². The van der Waals surface area contributed by atoms with E-state index in [-0.39, 0.29) is 12.0 Å². The number of para-hydroxylation sites is 1. The summed E-state index contributed by atoms with van der Waals surface area (Å²) in [5, 5.41) is 3.64. The summed E-state index contributed by atoms with van der Waals surface area (Å²) in [7, 11) is -1.99. The summed E-state index contributed by atoms with van der Waals surface area (Å²) in [4.78, 5) is 11.7. The van der Waals surface area contributed by atoms with Crippen molar-refractivity contribution in [1.29, 1.82) is 0 Å². The van der Waals surface area contributed by atoms with Crippen molar-refractivity contribution in [3.8, 4) is 0 Å². The lowest BCUT2D eigenvalue weighted by Gasteiger charge is -2.22. The van der Waals surface area contributed by atoms with Crippen LogP contribution in [-0.2, 0) is 19.6 Å². The molecule has 0 bridgehead atoms. The number of aryl methyl sites for hydroxylation is 1. The molecule has 1 aliphatic rings. The van der Waals surface area contributed by atoms with Gasteiger partial charge in [0.05, 0.1) is 23.2 Å². The molecule has 0 fully saturated rings. The summed E-state index contributed by atoms with van der Waals surface area (Å²) in [5.41, 5.74) is 3.45. The van der Waals surface area contributed by atoms with Gasteiger partial charge in [0.1, 0.15) is 0 Å². The third-order valence-electron chi connectivity index (χ3n) is 6.42. The summed E-state index contributed by atoms with van der Waals surface area (Å²) in [6, 6.07) is 13.3. The van der Waals surface area contributed by atoms with E-state index in [4.69, 9.17) is 4.74 Å². The SMILES string of the molecule is CC.CCOC(=O)CCCCCCCCCNC1c2ccccc2N(C)S(=O)(=O)c2cc(C)ccc21. The van der Waals surface area contributed by atoms with Gasteiger partial charge in [0, 0.05) is 13.5 Å². The Hall–Kier alpha value is -2.38. The molecule has 1 unspecified atom stereocenters. The second kappa shape index (κ2) is 15.0. The summed E-state index contributed by atoms with van der Waals surface area (Å²) < 4.78 is 33.1. The molecule has 0 aliphatic carbocycles. The Morgan fingerprint density at radius 2 is 1.58 bits per heavy atom. The predicted molar refractivity (Wildman–Crippen MR) is 148 cm³/mol. The van der Waals surface area contributed by atoms with Gasteiger partial charge in [-0.1, -0.05) is 76.3 Å². The van der Waals surface area contributed by atoms with E-state index in [1.165, 1.54) is 10.7 Å². The first kappa shape index (κ1) is 29.8. The van der Waals surface area contributed by atoms with Crippen LogP contribution in [-0.4, -0.2) is 34.6 Å². The third kappa shape index (κ3) is 7.81. The van der Waals surface area contributed by atoms with Gasteiger partial charge in [-0.15, -0.1) is 0 Å². The number of carbonyl (C=O) groups excluding carboxylic acids is 1. The molecule has 0 saturated carbocycles. The van der Waals surface area contributed by atoms with Gasteiger partial charge in [-0.2, -0.15) is 0 Å². The zero-order chi connectivity index (χ0) is 26.6. The molecule has 0 radical (unpaired) electrons. The molecule has 1 aliphatic heterocycles. The molecule has 1 atom stereocenters. The van der Waals surface area contributed by atoms with Crippen LogP contribution in [0.2, 0.25) is 0 Å². The molecule has 1 heterocycles. The van der Waals surface area contributed by atoms with Crippen LogP contribution in [0.4, 0.5) is 5.69 Å². The number of esters is 1. The molecule has 1 N–H and O–H groups in total. The number of hydrogen-bond acceptors (Lipinski definition) is 5. The Balaban J connectivity index is 0.00000222. The van der Waals surface area contributed by atoms with Crippen molar-refractivity contribution in [2.24, 2.45) is 0 Å². The number of sulfonamides is 1. The van der Waals surface area contributed by atoms with Crippen molar-refractivity contribution in [3.63, 3.8) is 0 Å². The molecule has 3 rings (SSSR count). The summed E-state index contributed by atoms with van der Waals surface area (Å²) >= 11 is 0. The molecule has 0 spiro atoms. The Bertz CT molecular complexity index is 1070. The van der Waals surface area contributed by atoms with Crippen molar-refractivity contribution in [1.82, 2.24) is 5.32 Å². The molecular weight excluding hydrogens is 472 g/mol. The van der Waals surface area contributed by atoms with Crippen molar-refractivity contribution in [3.05, 3.63) is 59.2 Å². The van der Waals surface area contributed by atoms with Crippen molar-refractivity contribution < 1.29 is 17.9 Å². The number of anilines is 1. The number of nitrogens with one attached hydrogen (secondary N) is 1. The highest BCUT2D eigenvalue weighted by Gasteiger charge is 2.34. The first-order valence-corrected chi connectivity index (χ1v) is 14.9. The van der Waals surface area contributed by atoms with Crippen LogP contribution in [0, 0.1) is 6.92 Å². The van der Waals surface area contributed by atoms with Crippen LogP contribution < -0.4 is 9.62 Å². The maximum atomic E-state index is 13.4. The van der Waals surface area contributed by atoms with Gasteiger partial charge >= 0.3 is 5.97 Å². The smallest absolute Gasteiger partial charge is 0.305 e. The second-order valence-corrected chi connectivity index (χ2v) is 10.9. The lowest BCUT2D eigenvalue weighted by Crippen LogP contribution is -2.26. The van der Waals surface area contributed by atoms with Crippen molar-refractivity contribution in [2.75, 3.05) is 24.5 Å². The number of carbonyl (C=O) groups is 1. The average molecular weight is 517 g/mol. The first-order chi connectivity index (χ1) is 17.4. The number of rotatable bonds is 12. The molecule has 6 nitrogen and oxygen atoms in total. The number of nitrogens with zero attached hydrogens (tertiary/aromatic N) is 1. The van der Waals surface area contributed by atoms with Gasteiger partial charge in [-0.05, 0) is 62.1 Å². The molecular formula is C29H44N2O4S. The van der Waals surface area contributed by atoms with Crippen LogP contribution >= 0.6 is 0 Å². The fourth-order valence-electron chi connectivity index (χ4n) is 4.54. The molecule has 0 saturated heterocycles. The van der Waals surface area contributed by atoms with Crippen LogP contribution in [0.15, 0.2) is 47.4 Å². The highest BCUT2D eigenvalue weighted by Crippen LogP contribution is 2.40. The standard InChI is InChI=1S/C27H38N2O4S.C2H6/c1-4-33-26(30)16-10-8-6-5-7-9-13-19-28-27-22-14-11-12-15-24(22)29(3)34(31,32)25-20-21(2)17-18-23(25)27;1-2/h11-12,14-15,17-18,20,27-28H,4-10,13,16,19H2,1-3H3;1-2H3. The highest BCUT2D eigenvalue weighted by atomic mass is 32.2. The summed E-state index contributed by atoms with van der Waals surface area (Å²) in [6.45, 7) is 9.03. The molecule has 2 aromatic carbocycles. The average Bonchev–Trinajstić information content (AvgIpc) is 2.94. The van der Waals surface area contributed by atoms with Crippen LogP contribution in [0.5, 0.6) is 0 Å². The van der Waals surface area contributed by atoms with E-state index in [0.29, 0.717) is 17.9 Å². The highest BCUT2D eigenvalue weighted by molar-refractivity contribution is 7.92. The molecule has 0 aromatic heterocycles. The molecule has 36 heavy (non-hydrogen) atoms. The Morgan fingerprint density at radius 3 is 2.28 bits per heavy atom. The monoisotopic (exact) mass is 516 g/mol. The van der Waals surface area contributed by atoms with Gasteiger partial charge < -0.3 is 10.1 Å². The molecule has 2 aromatic rings. The lowest BCUT2D eigenvalue weighted by atomic mass is 9.96. The predicted octanol–water partition coefficient (Wildman–Crippen LogP) is 6.52. The van der Waals surface area contributed by atoms with E-state index in [2.05, 4.69) is 5.32 Å².